The summed E-state index contributed by atoms with van der Waals surface area (Å²) >= 11 is 0. The maximum atomic E-state index is 10.5. The number of diazo groups is 1. The van der Waals surface area contributed by atoms with E-state index in [9.17, 15) is 20.3 Å². The summed E-state index contributed by atoms with van der Waals surface area (Å²) in [6.07, 6.45) is 0. The zero-order valence-corrected chi connectivity index (χ0v) is 10.4. The van der Waals surface area contributed by atoms with E-state index in [0.717, 1.165) is 12.1 Å². The third-order valence-corrected chi connectivity index (χ3v) is 2.51. The Morgan fingerprint density at radius 3 is 2.33 bits per heavy atom. The van der Waals surface area contributed by atoms with E-state index >= 15 is 0 Å². The lowest BCUT2D eigenvalue weighted by Crippen LogP contribution is -1.85. The van der Waals surface area contributed by atoms with Crippen LogP contribution in [-0.2, 0) is 0 Å². The molecular weight excluding hydrogens is 278 g/mol. The number of benzene rings is 2. The van der Waals surface area contributed by atoms with Gasteiger partial charge in [-0.05, 0) is 12.1 Å². The number of non-ortho nitro benzene ring substituents is 1. The van der Waals surface area contributed by atoms with Crippen LogP contribution in [0.3, 0.4) is 0 Å². The molecule has 104 valence electrons. The Hall–Kier alpha value is -3.54. The van der Waals surface area contributed by atoms with Crippen LogP contribution in [0.1, 0.15) is 0 Å². The molecule has 0 spiro atoms. The van der Waals surface area contributed by atoms with Crippen molar-refractivity contribution in [3.63, 3.8) is 0 Å². The second-order valence-corrected chi connectivity index (χ2v) is 3.90. The first-order valence-electron chi connectivity index (χ1n) is 5.58. The molecule has 0 aromatic heterocycles. The molecule has 9 heteroatoms. The number of azo groups is 1. The Morgan fingerprint density at radius 1 is 1.10 bits per heavy atom. The molecule has 2 aromatic rings. The molecule has 0 fully saturated rings. The smallest absolute Gasteiger partial charge is 0.429 e. The van der Waals surface area contributed by atoms with Crippen LogP contribution in [-0.4, -0.2) is 15.1 Å². The van der Waals surface area contributed by atoms with Gasteiger partial charge >= 0.3 is 5.69 Å². The quantitative estimate of drug-likeness (QED) is 0.290. The molecular formula is C12H8N5O4+. The van der Waals surface area contributed by atoms with E-state index in [-0.39, 0.29) is 28.6 Å². The van der Waals surface area contributed by atoms with Gasteiger partial charge in [0.2, 0.25) is 11.1 Å². The number of phenols is 2. The van der Waals surface area contributed by atoms with Crippen LogP contribution in [0.5, 0.6) is 11.5 Å². The monoisotopic (exact) mass is 286 g/mol. The molecule has 0 heterocycles. The van der Waals surface area contributed by atoms with Gasteiger partial charge in [0.1, 0.15) is 5.69 Å². The van der Waals surface area contributed by atoms with Crippen LogP contribution in [0.25, 0.3) is 4.98 Å². The highest BCUT2D eigenvalue weighted by molar-refractivity contribution is 5.68. The largest absolute Gasteiger partial charge is 0.505 e. The number of phenolic OH excluding ortho intramolecular Hbond substituents is 2. The minimum absolute atomic E-state index is 0.0433. The van der Waals surface area contributed by atoms with Crippen LogP contribution >= 0.6 is 0 Å². The van der Waals surface area contributed by atoms with Gasteiger partial charge in [-0.1, -0.05) is 0 Å². The summed E-state index contributed by atoms with van der Waals surface area (Å²) in [5.41, 5.74) is -0.00111. The van der Waals surface area contributed by atoms with Gasteiger partial charge in [0, 0.05) is 18.2 Å². The van der Waals surface area contributed by atoms with Gasteiger partial charge in [-0.25, -0.2) is 0 Å². The molecule has 21 heavy (non-hydrogen) atoms. The molecule has 2 N–H and O–H groups in total. The molecule has 0 aliphatic heterocycles. The van der Waals surface area contributed by atoms with Crippen LogP contribution in [0.2, 0.25) is 0 Å². The van der Waals surface area contributed by atoms with E-state index < -0.39 is 4.92 Å². The van der Waals surface area contributed by atoms with Crippen molar-refractivity contribution in [3.05, 3.63) is 51.5 Å². The topological polar surface area (TPSA) is 136 Å². The standard InChI is InChI=1S/C12H7N5O4/c13-14-9-5-12(19)10(6-11(9)18)16-15-7-1-3-8(4-2-7)17(20)21/h1-6,13H/p+1. The van der Waals surface area contributed by atoms with Crippen LogP contribution in [0, 0.1) is 15.5 Å². The SMILES string of the molecule is N#[N+]c1cc(O)c(N=Nc2ccc([N+](=O)[O-])cc2)cc1O. The van der Waals surface area contributed by atoms with E-state index in [1.54, 1.807) is 0 Å². The van der Waals surface area contributed by atoms with Crippen molar-refractivity contribution in [2.75, 3.05) is 0 Å². The third-order valence-electron chi connectivity index (χ3n) is 2.51. The predicted octanol–water partition coefficient (Wildman–Crippen LogP) is 3.91. The average molecular weight is 286 g/mol. The van der Waals surface area contributed by atoms with Gasteiger partial charge in [-0.3, -0.25) is 10.1 Å². The number of hydrogen-bond acceptors (Lipinski definition) is 7. The normalized spacial score (nSPS) is 10.4. The van der Waals surface area contributed by atoms with Gasteiger partial charge in [0.15, 0.2) is 10.7 Å². The van der Waals surface area contributed by atoms with E-state index in [2.05, 4.69) is 15.2 Å². The minimum atomic E-state index is -0.540. The maximum Gasteiger partial charge on any atom is 0.429 e. The summed E-state index contributed by atoms with van der Waals surface area (Å²) < 4.78 is 0. The average Bonchev–Trinajstić information content (AvgIpc) is 2.48. The Morgan fingerprint density at radius 2 is 1.76 bits per heavy atom. The summed E-state index contributed by atoms with van der Waals surface area (Å²) in [4.78, 5) is 12.7. The summed E-state index contributed by atoms with van der Waals surface area (Å²) in [6, 6.07) is 7.38. The van der Waals surface area contributed by atoms with E-state index in [0.29, 0.717) is 5.69 Å². The van der Waals surface area contributed by atoms with Crippen molar-refractivity contribution >= 4 is 22.7 Å². The lowest BCUT2D eigenvalue weighted by molar-refractivity contribution is -0.384. The van der Waals surface area contributed by atoms with Gasteiger partial charge in [0.05, 0.1) is 16.7 Å². The van der Waals surface area contributed by atoms with Gasteiger partial charge in [-0.15, -0.1) is 5.11 Å². The fourth-order valence-electron chi connectivity index (χ4n) is 1.47. The number of aromatic hydroxyl groups is 2. The molecule has 0 radical (unpaired) electrons. The van der Waals surface area contributed by atoms with Crippen molar-refractivity contribution in [2.45, 2.75) is 0 Å². The van der Waals surface area contributed by atoms with Crippen LogP contribution in [0.15, 0.2) is 46.6 Å². The molecule has 0 atom stereocenters. The highest BCUT2D eigenvalue weighted by Gasteiger charge is 2.17. The first-order chi connectivity index (χ1) is 10.0. The van der Waals surface area contributed by atoms with Crippen LogP contribution < -0.4 is 0 Å². The van der Waals surface area contributed by atoms with Crippen molar-refractivity contribution in [1.29, 1.82) is 5.39 Å². The summed E-state index contributed by atoms with van der Waals surface area (Å²) in [6.45, 7) is 0. The van der Waals surface area contributed by atoms with Gasteiger partial charge < -0.3 is 10.2 Å². The highest BCUT2D eigenvalue weighted by atomic mass is 16.6. The Kier molecular flexibility index (Phi) is 3.71. The Bertz CT molecular complexity index is 764. The van der Waals surface area contributed by atoms with Crippen molar-refractivity contribution in [1.82, 2.24) is 0 Å². The first kappa shape index (κ1) is 13.9. The summed E-state index contributed by atoms with van der Waals surface area (Å²) in [7, 11) is 0. The second kappa shape index (κ2) is 5.62. The van der Waals surface area contributed by atoms with E-state index in [1.165, 1.54) is 24.3 Å². The molecule has 0 amide bonds. The zero-order chi connectivity index (χ0) is 15.4. The lowest BCUT2D eigenvalue weighted by Gasteiger charge is -1.97. The number of hydrogen-bond donors (Lipinski definition) is 2. The molecule has 0 unspecified atom stereocenters. The van der Waals surface area contributed by atoms with Crippen LogP contribution in [0.4, 0.5) is 22.7 Å². The second-order valence-electron chi connectivity index (χ2n) is 3.90. The van der Waals surface area contributed by atoms with Gasteiger partial charge in [0.25, 0.3) is 5.69 Å². The number of nitro benzene ring substituents is 1. The van der Waals surface area contributed by atoms with Crippen molar-refractivity contribution in [2.24, 2.45) is 10.2 Å². The molecule has 0 aliphatic carbocycles. The summed E-state index contributed by atoms with van der Waals surface area (Å²) in [5.74, 6) is -0.723. The number of nitro groups is 1. The first-order valence-corrected chi connectivity index (χ1v) is 5.58. The fourth-order valence-corrected chi connectivity index (χ4v) is 1.47. The van der Waals surface area contributed by atoms with Gasteiger partial charge in [-0.2, -0.15) is 5.11 Å². The molecule has 0 saturated heterocycles. The number of nitrogens with zero attached hydrogens (tertiary/aromatic N) is 5. The highest BCUT2D eigenvalue weighted by Crippen LogP contribution is 2.38. The molecule has 0 aliphatic rings. The molecule has 2 rings (SSSR count). The number of rotatable bonds is 3. The maximum absolute atomic E-state index is 10.5. The fraction of sp³-hybridized carbons (Fsp3) is 0. The molecule has 0 bridgehead atoms. The Labute approximate surface area is 117 Å². The lowest BCUT2D eigenvalue weighted by atomic mass is 10.2. The van der Waals surface area contributed by atoms with Crippen molar-refractivity contribution in [3.8, 4) is 11.5 Å². The Balaban J connectivity index is 2.27. The molecule has 0 saturated carbocycles. The predicted molar refractivity (Wildman–Crippen MR) is 71.8 cm³/mol. The molecule has 2 aromatic carbocycles. The third kappa shape index (κ3) is 3.07. The van der Waals surface area contributed by atoms with Crippen molar-refractivity contribution < 1.29 is 15.1 Å². The van der Waals surface area contributed by atoms with E-state index in [1.807, 2.05) is 0 Å². The zero-order valence-electron chi connectivity index (χ0n) is 10.4. The summed E-state index contributed by atoms with van der Waals surface area (Å²) in [5, 5.41) is 45.6. The molecule has 9 nitrogen and oxygen atoms in total. The minimum Gasteiger partial charge on any atom is -0.505 e. The van der Waals surface area contributed by atoms with E-state index in [4.69, 9.17) is 5.39 Å².